The van der Waals surface area contributed by atoms with Gasteiger partial charge in [0.2, 0.25) is 10.0 Å². The minimum Gasteiger partial charge on any atom is -0.497 e. The van der Waals surface area contributed by atoms with Crippen molar-refractivity contribution in [2.45, 2.75) is 37.7 Å². The molecule has 2 aromatic rings. The maximum atomic E-state index is 12.8. The van der Waals surface area contributed by atoms with Crippen molar-refractivity contribution >= 4 is 21.6 Å². The second-order valence-electron chi connectivity index (χ2n) is 7.54. The highest BCUT2D eigenvalue weighted by molar-refractivity contribution is 7.89. The number of sulfonamides is 1. The summed E-state index contributed by atoms with van der Waals surface area (Å²) in [6, 6.07) is 13.2. The predicted octanol–water partition coefficient (Wildman–Crippen LogP) is 3.52. The zero-order valence-corrected chi connectivity index (χ0v) is 18.3. The minimum absolute atomic E-state index is 0.234. The van der Waals surface area contributed by atoms with Gasteiger partial charge >= 0.3 is 0 Å². The summed E-state index contributed by atoms with van der Waals surface area (Å²) < 4.78 is 37.9. The fourth-order valence-corrected chi connectivity index (χ4v) is 4.71. The number of ether oxygens (including phenoxy) is 2. The SMILES string of the molecule is COc1ccc(OC(C)C(=O)Nc2ccc(S(=O)(=O)N3CCC(C)CC3)cc2)cc1. The van der Waals surface area contributed by atoms with Crippen LogP contribution in [0.15, 0.2) is 53.4 Å². The van der Waals surface area contributed by atoms with Crippen molar-refractivity contribution in [1.82, 2.24) is 4.31 Å². The highest BCUT2D eigenvalue weighted by Gasteiger charge is 2.28. The summed E-state index contributed by atoms with van der Waals surface area (Å²) in [4.78, 5) is 12.6. The standard InChI is InChI=1S/C22H28N2O5S/c1-16-12-14-24(15-13-16)30(26,27)21-10-4-18(5-11-21)23-22(25)17(2)29-20-8-6-19(28-3)7-9-20/h4-11,16-17H,12-15H2,1-3H3,(H,23,25). The molecule has 7 nitrogen and oxygen atoms in total. The molecule has 0 aromatic heterocycles. The predicted molar refractivity (Wildman–Crippen MR) is 115 cm³/mol. The van der Waals surface area contributed by atoms with Gasteiger partial charge in [0.1, 0.15) is 11.5 Å². The molecule has 3 rings (SSSR count). The Bertz CT molecular complexity index is 950. The van der Waals surface area contributed by atoms with Gasteiger partial charge in [-0.15, -0.1) is 0 Å². The topological polar surface area (TPSA) is 84.9 Å². The molecule has 0 aliphatic carbocycles. The fourth-order valence-electron chi connectivity index (χ4n) is 3.24. The molecule has 0 spiro atoms. The molecule has 1 N–H and O–H groups in total. The summed E-state index contributed by atoms with van der Waals surface area (Å²) in [5.41, 5.74) is 0.511. The molecule has 0 saturated carbocycles. The minimum atomic E-state index is -3.51. The third-order valence-electron chi connectivity index (χ3n) is 5.24. The first-order valence-corrected chi connectivity index (χ1v) is 11.5. The normalized spacial score (nSPS) is 16.6. The summed E-state index contributed by atoms with van der Waals surface area (Å²) in [6.45, 7) is 4.88. The number of nitrogens with zero attached hydrogens (tertiary/aromatic N) is 1. The molecule has 1 aliphatic rings. The third kappa shape index (κ3) is 5.31. The second-order valence-corrected chi connectivity index (χ2v) is 9.47. The van der Waals surface area contributed by atoms with Crippen LogP contribution in [0.25, 0.3) is 0 Å². The highest BCUT2D eigenvalue weighted by atomic mass is 32.2. The quantitative estimate of drug-likeness (QED) is 0.724. The van der Waals surface area contributed by atoms with E-state index in [-0.39, 0.29) is 10.8 Å². The fraction of sp³-hybridized carbons (Fsp3) is 0.409. The molecule has 1 atom stereocenters. The average molecular weight is 433 g/mol. The summed E-state index contributed by atoms with van der Waals surface area (Å²) in [6.07, 6.45) is 1.02. The van der Waals surface area contributed by atoms with Crippen molar-refractivity contribution in [1.29, 1.82) is 0 Å². The van der Waals surface area contributed by atoms with E-state index in [0.29, 0.717) is 36.2 Å². The van der Waals surface area contributed by atoms with Crippen LogP contribution in [0.2, 0.25) is 0 Å². The first kappa shape index (κ1) is 22.1. The summed E-state index contributed by atoms with van der Waals surface area (Å²) in [5, 5.41) is 2.75. The van der Waals surface area contributed by atoms with E-state index in [4.69, 9.17) is 9.47 Å². The first-order chi connectivity index (χ1) is 14.3. The Morgan fingerprint density at radius 2 is 1.60 bits per heavy atom. The summed E-state index contributed by atoms with van der Waals surface area (Å²) >= 11 is 0. The number of amides is 1. The van der Waals surface area contributed by atoms with Gasteiger partial charge in [-0.05, 0) is 74.2 Å². The van der Waals surface area contributed by atoms with E-state index in [1.165, 1.54) is 16.4 Å². The number of anilines is 1. The largest absolute Gasteiger partial charge is 0.497 e. The van der Waals surface area contributed by atoms with E-state index in [9.17, 15) is 13.2 Å². The van der Waals surface area contributed by atoms with Crippen LogP contribution in [0.3, 0.4) is 0 Å². The Balaban J connectivity index is 1.59. The molecule has 1 amide bonds. The van der Waals surface area contributed by atoms with Crippen LogP contribution >= 0.6 is 0 Å². The molecular formula is C22H28N2O5S. The molecule has 2 aromatic carbocycles. The number of rotatable bonds is 7. The van der Waals surface area contributed by atoms with Crippen LogP contribution in [-0.4, -0.2) is 44.9 Å². The molecule has 1 saturated heterocycles. The zero-order chi connectivity index (χ0) is 21.7. The Labute approximate surface area is 178 Å². The van der Waals surface area contributed by atoms with Gasteiger partial charge in [-0.25, -0.2) is 8.42 Å². The molecule has 0 bridgehead atoms. The van der Waals surface area contributed by atoms with E-state index in [0.717, 1.165) is 12.8 Å². The van der Waals surface area contributed by atoms with Crippen LogP contribution in [0.1, 0.15) is 26.7 Å². The van der Waals surface area contributed by atoms with Crippen LogP contribution in [0.5, 0.6) is 11.5 Å². The van der Waals surface area contributed by atoms with Gasteiger partial charge in [0.05, 0.1) is 12.0 Å². The molecule has 0 radical (unpaired) electrons. The molecule has 1 fully saturated rings. The lowest BCUT2D eigenvalue weighted by Gasteiger charge is -2.29. The van der Waals surface area contributed by atoms with Gasteiger partial charge in [0, 0.05) is 18.8 Å². The van der Waals surface area contributed by atoms with Crippen molar-refractivity contribution in [3.05, 3.63) is 48.5 Å². The van der Waals surface area contributed by atoms with Crippen molar-refractivity contribution in [3.8, 4) is 11.5 Å². The lowest BCUT2D eigenvalue weighted by Crippen LogP contribution is -2.37. The molecule has 30 heavy (non-hydrogen) atoms. The Morgan fingerprint density at radius 3 is 2.17 bits per heavy atom. The molecule has 1 unspecified atom stereocenters. The van der Waals surface area contributed by atoms with Gasteiger partial charge in [-0.1, -0.05) is 6.92 Å². The second kappa shape index (κ2) is 9.49. The Morgan fingerprint density at radius 1 is 1.03 bits per heavy atom. The maximum Gasteiger partial charge on any atom is 0.265 e. The third-order valence-corrected chi connectivity index (χ3v) is 7.16. The molecule has 8 heteroatoms. The first-order valence-electron chi connectivity index (χ1n) is 10.0. The van der Waals surface area contributed by atoms with Gasteiger partial charge in [0.25, 0.3) is 5.91 Å². The molecule has 162 valence electrons. The number of hydrogen-bond donors (Lipinski definition) is 1. The smallest absolute Gasteiger partial charge is 0.265 e. The van der Waals surface area contributed by atoms with Crippen LogP contribution in [-0.2, 0) is 14.8 Å². The average Bonchev–Trinajstić information content (AvgIpc) is 2.75. The van der Waals surface area contributed by atoms with E-state index in [1.54, 1.807) is 50.4 Å². The van der Waals surface area contributed by atoms with E-state index in [2.05, 4.69) is 12.2 Å². The number of piperidine rings is 1. The lowest BCUT2D eigenvalue weighted by atomic mass is 10.0. The van der Waals surface area contributed by atoms with E-state index >= 15 is 0 Å². The van der Waals surface area contributed by atoms with Gasteiger partial charge in [-0.3, -0.25) is 4.79 Å². The van der Waals surface area contributed by atoms with Crippen molar-refractivity contribution in [3.63, 3.8) is 0 Å². The Hall–Kier alpha value is -2.58. The van der Waals surface area contributed by atoms with Crippen molar-refractivity contribution < 1.29 is 22.7 Å². The number of hydrogen-bond acceptors (Lipinski definition) is 5. The summed E-state index contributed by atoms with van der Waals surface area (Å²) in [7, 11) is -1.93. The molecule has 1 aliphatic heterocycles. The maximum absolute atomic E-state index is 12.8. The monoisotopic (exact) mass is 432 g/mol. The van der Waals surface area contributed by atoms with Crippen LogP contribution in [0, 0.1) is 5.92 Å². The number of carbonyl (C=O) groups is 1. The summed E-state index contributed by atoms with van der Waals surface area (Å²) in [5.74, 6) is 1.48. The number of methoxy groups -OCH3 is 1. The van der Waals surface area contributed by atoms with Crippen molar-refractivity contribution in [2.24, 2.45) is 5.92 Å². The van der Waals surface area contributed by atoms with Crippen molar-refractivity contribution in [2.75, 3.05) is 25.5 Å². The number of benzene rings is 2. The number of carbonyl (C=O) groups excluding carboxylic acids is 1. The Kier molecular flexibility index (Phi) is 6.99. The number of nitrogens with one attached hydrogen (secondary N) is 1. The van der Waals surface area contributed by atoms with E-state index < -0.39 is 16.1 Å². The van der Waals surface area contributed by atoms with Gasteiger partial charge in [0.15, 0.2) is 6.10 Å². The van der Waals surface area contributed by atoms with Gasteiger partial charge < -0.3 is 14.8 Å². The highest BCUT2D eigenvalue weighted by Crippen LogP contribution is 2.24. The van der Waals surface area contributed by atoms with Crippen LogP contribution < -0.4 is 14.8 Å². The molecule has 1 heterocycles. The molecular weight excluding hydrogens is 404 g/mol. The van der Waals surface area contributed by atoms with E-state index in [1.807, 2.05) is 0 Å². The van der Waals surface area contributed by atoms with Gasteiger partial charge in [-0.2, -0.15) is 4.31 Å². The lowest BCUT2D eigenvalue weighted by molar-refractivity contribution is -0.122. The van der Waals surface area contributed by atoms with Crippen LogP contribution in [0.4, 0.5) is 5.69 Å². The zero-order valence-electron chi connectivity index (χ0n) is 17.5.